The second kappa shape index (κ2) is 7.29. The van der Waals surface area contributed by atoms with Gasteiger partial charge in [-0.25, -0.2) is 8.78 Å². The normalized spacial score (nSPS) is 19.9. The molecule has 0 aliphatic carbocycles. The van der Waals surface area contributed by atoms with Crippen molar-refractivity contribution in [3.8, 4) is 11.5 Å². The summed E-state index contributed by atoms with van der Waals surface area (Å²) in [5, 5.41) is 3.43. The number of hydrogen-bond donors (Lipinski definition) is 1. The molecule has 4 nitrogen and oxygen atoms in total. The van der Waals surface area contributed by atoms with Crippen molar-refractivity contribution in [1.82, 2.24) is 4.90 Å². The zero-order valence-electron chi connectivity index (χ0n) is 16.8. The third-order valence-electron chi connectivity index (χ3n) is 6.04. The van der Waals surface area contributed by atoms with Gasteiger partial charge in [0.1, 0.15) is 17.8 Å². The monoisotopic (exact) mass is 408 g/mol. The van der Waals surface area contributed by atoms with Gasteiger partial charge in [-0.05, 0) is 59.5 Å². The average Bonchev–Trinajstić information content (AvgIpc) is 2.78. The first kappa shape index (κ1) is 18.9. The molecule has 0 saturated carbocycles. The Labute approximate surface area is 174 Å². The maximum absolute atomic E-state index is 14.7. The highest BCUT2D eigenvalue weighted by Crippen LogP contribution is 2.49. The molecule has 3 aromatic rings. The number of fused-ring (bicyclic) bond motifs is 5. The lowest BCUT2D eigenvalue weighted by molar-refractivity contribution is 0.150. The van der Waals surface area contributed by atoms with Crippen LogP contribution in [0.5, 0.6) is 11.5 Å². The summed E-state index contributed by atoms with van der Waals surface area (Å²) in [7, 11) is 3.24. The summed E-state index contributed by atoms with van der Waals surface area (Å²) in [5.74, 6) is 0.472. The van der Waals surface area contributed by atoms with Crippen LogP contribution in [0, 0.1) is 11.6 Å². The molecular formula is C24H22F2N2O2. The summed E-state index contributed by atoms with van der Waals surface area (Å²) >= 11 is 0. The second-order valence-electron chi connectivity index (χ2n) is 7.60. The van der Waals surface area contributed by atoms with Gasteiger partial charge in [-0.15, -0.1) is 0 Å². The zero-order chi connectivity index (χ0) is 20.8. The molecule has 0 saturated heterocycles. The molecule has 2 aliphatic heterocycles. The van der Waals surface area contributed by atoms with Crippen LogP contribution in [0.25, 0.3) is 0 Å². The van der Waals surface area contributed by atoms with E-state index in [2.05, 4.69) is 16.3 Å². The van der Waals surface area contributed by atoms with E-state index in [-0.39, 0.29) is 6.04 Å². The molecule has 1 N–H and O–H groups in total. The predicted molar refractivity (Wildman–Crippen MR) is 111 cm³/mol. The Morgan fingerprint density at radius 1 is 0.900 bits per heavy atom. The number of anilines is 1. The third-order valence-corrected chi connectivity index (χ3v) is 6.04. The minimum atomic E-state index is -0.484. The summed E-state index contributed by atoms with van der Waals surface area (Å²) in [6, 6.07) is 15.5. The predicted octanol–water partition coefficient (Wildman–Crippen LogP) is 5.05. The quantitative estimate of drug-likeness (QED) is 0.657. The Morgan fingerprint density at radius 2 is 1.67 bits per heavy atom. The van der Waals surface area contributed by atoms with Crippen LogP contribution < -0.4 is 14.8 Å². The fourth-order valence-electron chi connectivity index (χ4n) is 4.67. The van der Waals surface area contributed by atoms with Crippen LogP contribution in [-0.4, -0.2) is 25.7 Å². The minimum absolute atomic E-state index is 0.112. The highest BCUT2D eigenvalue weighted by atomic mass is 19.1. The summed E-state index contributed by atoms with van der Waals surface area (Å²) in [6.07, 6.45) is 0.283. The molecule has 2 aliphatic rings. The number of nitrogens with zero attached hydrogens (tertiary/aromatic N) is 1. The standard InChI is InChI=1S/C24H22F2N2O2/c1-29-21-11-14-9-10-28-23(17(14)13-22(21)30-2)16-5-3-4-6-20(16)27-24(28)18-12-15(25)7-8-19(18)26/h3-8,11-13,23-24,27H,9-10H2,1-2H3. The van der Waals surface area contributed by atoms with Crippen LogP contribution in [0.15, 0.2) is 54.6 Å². The van der Waals surface area contributed by atoms with Gasteiger partial charge in [0.25, 0.3) is 0 Å². The number of rotatable bonds is 3. The molecule has 2 heterocycles. The first-order valence-corrected chi connectivity index (χ1v) is 9.91. The topological polar surface area (TPSA) is 33.7 Å². The molecule has 0 radical (unpaired) electrons. The molecule has 6 heteroatoms. The SMILES string of the molecule is COc1cc2c(cc1OC)C1c3ccccc3NC(c3cc(F)ccc3F)N1CC2. The van der Waals surface area contributed by atoms with Crippen molar-refractivity contribution in [1.29, 1.82) is 0 Å². The van der Waals surface area contributed by atoms with Gasteiger partial charge >= 0.3 is 0 Å². The Hall–Kier alpha value is -3.12. The van der Waals surface area contributed by atoms with Gasteiger partial charge in [-0.2, -0.15) is 0 Å². The van der Waals surface area contributed by atoms with E-state index in [4.69, 9.17) is 9.47 Å². The van der Waals surface area contributed by atoms with Gasteiger partial charge in [0.15, 0.2) is 11.5 Å². The Morgan fingerprint density at radius 3 is 2.47 bits per heavy atom. The molecule has 0 spiro atoms. The van der Waals surface area contributed by atoms with Gasteiger partial charge < -0.3 is 14.8 Å². The van der Waals surface area contributed by atoms with E-state index in [9.17, 15) is 8.78 Å². The maximum atomic E-state index is 14.7. The van der Waals surface area contributed by atoms with Crippen LogP contribution in [0.3, 0.4) is 0 Å². The Balaban J connectivity index is 1.70. The minimum Gasteiger partial charge on any atom is -0.493 e. The van der Waals surface area contributed by atoms with Gasteiger partial charge in [0.05, 0.1) is 20.3 Å². The maximum Gasteiger partial charge on any atom is 0.161 e. The smallest absolute Gasteiger partial charge is 0.161 e. The number of halogens is 2. The van der Waals surface area contributed by atoms with Gasteiger partial charge in [-0.1, -0.05) is 18.2 Å². The molecule has 0 fully saturated rings. The molecular weight excluding hydrogens is 386 g/mol. The molecule has 5 rings (SSSR count). The molecule has 0 bridgehead atoms. The van der Waals surface area contributed by atoms with E-state index < -0.39 is 17.8 Å². The van der Waals surface area contributed by atoms with Crippen molar-refractivity contribution in [2.24, 2.45) is 0 Å². The first-order valence-electron chi connectivity index (χ1n) is 9.91. The van der Waals surface area contributed by atoms with Crippen LogP contribution in [0.2, 0.25) is 0 Å². The molecule has 2 atom stereocenters. The van der Waals surface area contributed by atoms with Gasteiger partial charge in [0, 0.05) is 17.8 Å². The number of benzene rings is 3. The van der Waals surface area contributed by atoms with Crippen molar-refractivity contribution in [3.05, 3.63) is 88.5 Å². The van der Waals surface area contributed by atoms with Crippen molar-refractivity contribution >= 4 is 5.69 Å². The van der Waals surface area contributed by atoms with E-state index in [1.54, 1.807) is 14.2 Å². The Kier molecular flexibility index (Phi) is 4.59. The number of hydrogen-bond acceptors (Lipinski definition) is 4. The van der Waals surface area contributed by atoms with E-state index >= 15 is 0 Å². The highest BCUT2D eigenvalue weighted by Gasteiger charge is 2.40. The number of methoxy groups -OCH3 is 2. The van der Waals surface area contributed by atoms with Crippen LogP contribution in [0.4, 0.5) is 14.5 Å². The summed E-state index contributed by atoms with van der Waals surface area (Å²) in [6.45, 7) is 0.690. The van der Waals surface area contributed by atoms with Crippen molar-refractivity contribution in [2.75, 3.05) is 26.1 Å². The van der Waals surface area contributed by atoms with Crippen molar-refractivity contribution < 1.29 is 18.3 Å². The van der Waals surface area contributed by atoms with Crippen LogP contribution >= 0.6 is 0 Å². The fourth-order valence-corrected chi connectivity index (χ4v) is 4.67. The van der Waals surface area contributed by atoms with E-state index in [1.165, 1.54) is 17.7 Å². The summed E-state index contributed by atoms with van der Waals surface area (Å²) in [5.41, 5.74) is 4.57. The van der Waals surface area contributed by atoms with Crippen molar-refractivity contribution in [2.45, 2.75) is 18.6 Å². The lowest BCUT2D eigenvalue weighted by Crippen LogP contribution is -2.45. The molecule has 154 valence electrons. The van der Waals surface area contributed by atoms with Crippen molar-refractivity contribution in [3.63, 3.8) is 0 Å². The fraction of sp³-hybridized carbons (Fsp3) is 0.250. The van der Waals surface area contributed by atoms with Crippen LogP contribution in [-0.2, 0) is 6.42 Å². The van der Waals surface area contributed by atoms with E-state index in [0.717, 1.165) is 29.3 Å². The molecule has 3 aromatic carbocycles. The van der Waals surface area contributed by atoms with Gasteiger partial charge in [0.2, 0.25) is 0 Å². The molecule has 2 unspecified atom stereocenters. The molecule has 30 heavy (non-hydrogen) atoms. The summed E-state index contributed by atoms with van der Waals surface area (Å²) in [4.78, 5) is 2.19. The largest absolute Gasteiger partial charge is 0.493 e. The molecule has 0 amide bonds. The zero-order valence-corrected chi connectivity index (χ0v) is 16.8. The molecule has 0 aromatic heterocycles. The lowest BCUT2D eigenvalue weighted by atomic mass is 9.84. The van der Waals surface area contributed by atoms with E-state index in [1.807, 2.05) is 30.3 Å². The lowest BCUT2D eigenvalue weighted by Gasteiger charge is -2.47. The second-order valence-corrected chi connectivity index (χ2v) is 7.60. The number of nitrogens with one attached hydrogen (secondary N) is 1. The summed E-state index contributed by atoms with van der Waals surface area (Å²) < 4.78 is 39.8. The number of ether oxygens (including phenoxy) is 2. The average molecular weight is 408 g/mol. The third kappa shape index (κ3) is 2.91. The van der Waals surface area contributed by atoms with Gasteiger partial charge in [-0.3, -0.25) is 4.90 Å². The van der Waals surface area contributed by atoms with E-state index in [0.29, 0.717) is 23.6 Å². The number of para-hydroxylation sites is 1. The highest BCUT2D eigenvalue weighted by molar-refractivity contribution is 5.61. The first-order chi connectivity index (χ1) is 14.6. The Bertz CT molecular complexity index is 1120. The van der Waals surface area contributed by atoms with Crippen LogP contribution in [0.1, 0.15) is 34.5 Å².